The summed E-state index contributed by atoms with van der Waals surface area (Å²) >= 11 is 0. The van der Waals surface area contributed by atoms with Crippen molar-refractivity contribution < 1.29 is 0 Å². The molecule has 0 aliphatic rings. The first-order valence-corrected chi connectivity index (χ1v) is 7.60. The molecule has 0 bridgehead atoms. The van der Waals surface area contributed by atoms with Gasteiger partial charge in [-0.1, -0.05) is 38.1 Å². The Balaban J connectivity index is 3.01. The predicted octanol–water partition coefficient (Wildman–Crippen LogP) is 2.86. The highest BCUT2D eigenvalue weighted by atomic mass is 31.1. The van der Waals surface area contributed by atoms with E-state index in [0.717, 1.165) is 0 Å². The lowest BCUT2D eigenvalue weighted by atomic mass is 10.0. The molecule has 0 saturated heterocycles. The SMILES string of the molecule is CN(C)P(c1ccc(C(C)(C)P)cc1)N(C)C. The van der Waals surface area contributed by atoms with Gasteiger partial charge in [-0.3, -0.25) is 9.34 Å². The van der Waals surface area contributed by atoms with Gasteiger partial charge in [-0.15, -0.1) is 9.24 Å². The summed E-state index contributed by atoms with van der Waals surface area (Å²) in [5, 5.41) is 1.55. The molecule has 2 nitrogen and oxygen atoms in total. The second-order valence-corrected chi connectivity index (χ2v) is 9.39. The van der Waals surface area contributed by atoms with Crippen LogP contribution in [0, 0.1) is 0 Å². The molecule has 0 spiro atoms. The quantitative estimate of drug-likeness (QED) is 0.776. The highest BCUT2D eigenvalue weighted by molar-refractivity contribution is 7.60. The van der Waals surface area contributed by atoms with Gasteiger partial charge in [-0.2, -0.15) is 0 Å². The maximum atomic E-state index is 2.89. The van der Waals surface area contributed by atoms with Crippen LogP contribution in [0.2, 0.25) is 0 Å². The number of benzene rings is 1. The Morgan fingerprint density at radius 1 is 0.941 bits per heavy atom. The van der Waals surface area contributed by atoms with Crippen LogP contribution in [-0.4, -0.2) is 37.5 Å². The van der Waals surface area contributed by atoms with Crippen LogP contribution in [0.5, 0.6) is 0 Å². The zero-order chi connectivity index (χ0) is 13.2. The zero-order valence-electron chi connectivity index (χ0n) is 11.7. The van der Waals surface area contributed by atoms with Gasteiger partial charge in [0, 0.05) is 10.5 Å². The Labute approximate surface area is 109 Å². The molecule has 0 amide bonds. The summed E-state index contributed by atoms with van der Waals surface area (Å²) in [7, 11) is 11.1. The molecule has 1 unspecified atom stereocenters. The van der Waals surface area contributed by atoms with Crippen molar-refractivity contribution in [2.45, 2.75) is 19.0 Å². The summed E-state index contributed by atoms with van der Waals surface area (Å²) < 4.78 is 4.58. The van der Waals surface area contributed by atoms with Crippen LogP contribution < -0.4 is 5.30 Å². The molecule has 1 aromatic carbocycles. The minimum Gasteiger partial charge on any atom is -0.272 e. The van der Waals surface area contributed by atoms with Crippen LogP contribution in [0.3, 0.4) is 0 Å². The van der Waals surface area contributed by atoms with E-state index in [1.165, 1.54) is 10.9 Å². The van der Waals surface area contributed by atoms with E-state index in [-0.39, 0.29) is 13.4 Å². The molecule has 0 aliphatic carbocycles. The van der Waals surface area contributed by atoms with Crippen molar-refractivity contribution in [3.05, 3.63) is 29.8 Å². The van der Waals surface area contributed by atoms with E-state index in [0.29, 0.717) is 0 Å². The van der Waals surface area contributed by atoms with Crippen molar-refractivity contribution in [3.8, 4) is 0 Å². The minimum absolute atomic E-state index is 0.150. The van der Waals surface area contributed by atoms with E-state index in [9.17, 15) is 0 Å². The van der Waals surface area contributed by atoms with E-state index in [4.69, 9.17) is 0 Å². The highest BCUT2D eigenvalue weighted by Gasteiger charge is 2.18. The fourth-order valence-electron chi connectivity index (χ4n) is 1.84. The summed E-state index contributed by atoms with van der Waals surface area (Å²) in [6.45, 7) is 4.43. The molecule has 1 rings (SSSR count). The van der Waals surface area contributed by atoms with Crippen molar-refractivity contribution >= 4 is 22.8 Å². The molecule has 1 atom stereocenters. The third-order valence-electron chi connectivity index (χ3n) is 2.60. The Hall–Kier alpha value is -0.0000000000000000208. The Kier molecular flexibility index (Phi) is 5.10. The van der Waals surface area contributed by atoms with Crippen LogP contribution >= 0.6 is 17.5 Å². The van der Waals surface area contributed by atoms with Gasteiger partial charge in [0.2, 0.25) is 0 Å². The molecule has 0 N–H and O–H groups in total. The van der Waals surface area contributed by atoms with E-state index in [2.05, 4.69) is 84.9 Å². The molecule has 0 aliphatic heterocycles. The lowest BCUT2D eigenvalue weighted by Crippen LogP contribution is -2.24. The van der Waals surface area contributed by atoms with E-state index in [1.54, 1.807) is 0 Å². The molecule has 4 heteroatoms. The van der Waals surface area contributed by atoms with E-state index >= 15 is 0 Å². The number of hydrogen-bond donors (Lipinski definition) is 0. The molecular weight excluding hydrogens is 246 g/mol. The molecule has 0 saturated carbocycles. The average molecular weight is 270 g/mol. The summed E-state index contributed by atoms with van der Waals surface area (Å²) in [4.78, 5) is 0. The normalized spacial score (nSPS) is 12.8. The van der Waals surface area contributed by atoms with Crippen LogP contribution in [-0.2, 0) is 5.16 Å². The topological polar surface area (TPSA) is 6.48 Å². The maximum absolute atomic E-state index is 2.89. The monoisotopic (exact) mass is 270 g/mol. The van der Waals surface area contributed by atoms with Gasteiger partial charge >= 0.3 is 0 Å². The number of hydrogen-bond acceptors (Lipinski definition) is 2. The Morgan fingerprint density at radius 2 is 1.35 bits per heavy atom. The first-order valence-electron chi connectivity index (χ1n) is 5.77. The van der Waals surface area contributed by atoms with E-state index in [1.807, 2.05) is 0 Å². The van der Waals surface area contributed by atoms with Crippen molar-refractivity contribution in [1.29, 1.82) is 0 Å². The number of rotatable bonds is 4. The Bertz CT molecular complexity index is 345. The van der Waals surface area contributed by atoms with Gasteiger partial charge in [0.15, 0.2) is 0 Å². The van der Waals surface area contributed by atoms with Crippen molar-refractivity contribution in [2.75, 3.05) is 28.2 Å². The van der Waals surface area contributed by atoms with Gasteiger partial charge in [0.25, 0.3) is 0 Å². The first-order chi connectivity index (χ1) is 7.73. The molecule has 0 heterocycles. The van der Waals surface area contributed by atoms with Crippen LogP contribution in [0.4, 0.5) is 0 Å². The van der Waals surface area contributed by atoms with Gasteiger partial charge < -0.3 is 0 Å². The van der Waals surface area contributed by atoms with Gasteiger partial charge in [-0.25, -0.2) is 0 Å². The third kappa shape index (κ3) is 4.00. The molecular formula is C13H24N2P2. The van der Waals surface area contributed by atoms with Crippen LogP contribution in [0.15, 0.2) is 24.3 Å². The van der Waals surface area contributed by atoms with Crippen LogP contribution in [0.25, 0.3) is 0 Å². The smallest absolute Gasteiger partial charge is 0.0713 e. The second kappa shape index (κ2) is 5.76. The molecule has 0 aromatic heterocycles. The minimum atomic E-state index is -0.362. The maximum Gasteiger partial charge on any atom is 0.0713 e. The number of nitrogens with zero attached hydrogens (tertiary/aromatic N) is 2. The van der Waals surface area contributed by atoms with E-state index < -0.39 is 0 Å². The fourth-order valence-corrected chi connectivity index (χ4v) is 4.09. The summed E-state index contributed by atoms with van der Waals surface area (Å²) in [5.74, 6) is 0. The van der Waals surface area contributed by atoms with Crippen molar-refractivity contribution in [3.63, 3.8) is 0 Å². The van der Waals surface area contributed by atoms with Crippen LogP contribution in [0.1, 0.15) is 19.4 Å². The van der Waals surface area contributed by atoms with Crippen molar-refractivity contribution in [1.82, 2.24) is 9.34 Å². The van der Waals surface area contributed by atoms with Crippen molar-refractivity contribution in [2.24, 2.45) is 0 Å². The second-order valence-electron chi connectivity index (χ2n) is 5.25. The molecule has 0 fully saturated rings. The van der Waals surface area contributed by atoms with Gasteiger partial charge in [-0.05, 0) is 33.8 Å². The zero-order valence-corrected chi connectivity index (χ0v) is 13.8. The lowest BCUT2D eigenvalue weighted by Gasteiger charge is -2.30. The Morgan fingerprint density at radius 3 is 1.65 bits per heavy atom. The summed E-state index contributed by atoms with van der Waals surface area (Å²) in [6.07, 6.45) is 0. The average Bonchev–Trinajstić information content (AvgIpc) is 2.15. The molecule has 0 radical (unpaired) electrons. The van der Waals surface area contributed by atoms with Gasteiger partial charge in [0.1, 0.15) is 0 Å². The third-order valence-corrected chi connectivity index (χ3v) is 5.21. The predicted molar refractivity (Wildman–Crippen MR) is 83.1 cm³/mol. The lowest BCUT2D eigenvalue weighted by molar-refractivity contribution is 0.584. The fraction of sp³-hybridized carbons (Fsp3) is 0.538. The largest absolute Gasteiger partial charge is 0.272 e. The molecule has 17 heavy (non-hydrogen) atoms. The molecule has 96 valence electrons. The summed E-state index contributed by atoms with van der Waals surface area (Å²) in [5.41, 5.74) is 1.36. The first kappa shape index (κ1) is 15.1. The summed E-state index contributed by atoms with van der Waals surface area (Å²) in [6, 6.07) is 9.00. The standard InChI is InChI=1S/C13H24N2P2/c1-13(2,16)11-7-9-12(10-8-11)17(14(3)4)15(5)6/h7-10H,16H2,1-6H3. The molecule has 1 aromatic rings. The van der Waals surface area contributed by atoms with Gasteiger partial charge in [0.05, 0.1) is 8.22 Å². The highest BCUT2D eigenvalue weighted by Crippen LogP contribution is 2.39.